The highest BCUT2D eigenvalue weighted by atomic mass is 32.2. The molecule has 0 aromatic carbocycles. The van der Waals surface area contributed by atoms with E-state index in [1.165, 1.54) is 24.9 Å². The van der Waals surface area contributed by atoms with Crippen LogP contribution in [0.25, 0.3) is 0 Å². The molecule has 25 heavy (non-hydrogen) atoms. The standard InChI is InChI=1S/C15H22N6O3S/c1-11(2)21-9-13(18-10-21)25(23,24)19-12-4-3-7-20(8-12)14-15(22)17-6-5-16-14/h5-6,9-12,19H,3-4,7-8H2,1-2H3,(H,17,22)/t12-/m1/s1. The summed E-state index contributed by atoms with van der Waals surface area (Å²) < 4.78 is 29.6. The van der Waals surface area contributed by atoms with Gasteiger partial charge in [0, 0.05) is 43.8 Å². The number of piperidine rings is 1. The van der Waals surface area contributed by atoms with Crippen molar-refractivity contribution in [3.8, 4) is 0 Å². The first-order valence-corrected chi connectivity index (χ1v) is 9.69. The van der Waals surface area contributed by atoms with E-state index < -0.39 is 10.0 Å². The van der Waals surface area contributed by atoms with Crippen molar-refractivity contribution in [1.82, 2.24) is 24.2 Å². The highest BCUT2D eigenvalue weighted by Gasteiger charge is 2.28. The summed E-state index contributed by atoms with van der Waals surface area (Å²) in [6.07, 6.45) is 7.50. The van der Waals surface area contributed by atoms with E-state index in [1.54, 1.807) is 4.57 Å². The van der Waals surface area contributed by atoms with Crippen LogP contribution >= 0.6 is 0 Å². The number of aromatic nitrogens is 4. The minimum Gasteiger partial charge on any atom is -0.350 e. The molecule has 2 aromatic rings. The molecule has 2 aromatic heterocycles. The summed E-state index contributed by atoms with van der Waals surface area (Å²) in [4.78, 5) is 24.4. The van der Waals surface area contributed by atoms with Crippen molar-refractivity contribution < 1.29 is 8.42 Å². The van der Waals surface area contributed by atoms with E-state index in [9.17, 15) is 13.2 Å². The van der Waals surface area contributed by atoms with Crippen LogP contribution in [0.1, 0.15) is 32.7 Å². The minimum absolute atomic E-state index is 0.00834. The average Bonchev–Trinajstić information content (AvgIpc) is 3.06. The van der Waals surface area contributed by atoms with Crippen molar-refractivity contribution >= 4 is 15.8 Å². The summed E-state index contributed by atoms with van der Waals surface area (Å²) in [5.41, 5.74) is -0.276. The predicted molar refractivity (Wildman–Crippen MR) is 93.0 cm³/mol. The van der Waals surface area contributed by atoms with Crippen molar-refractivity contribution in [2.45, 2.75) is 43.8 Å². The number of nitrogens with zero attached hydrogens (tertiary/aromatic N) is 4. The molecule has 0 aliphatic carbocycles. The van der Waals surface area contributed by atoms with E-state index in [4.69, 9.17) is 0 Å². The first-order valence-electron chi connectivity index (χ1n) is 8.21. The lowest BCUT2D eigenvalue weighted by Gasteiger charge is -2.32. The molecule has 1 aliphatic heterocycles. The molecule has 0 unspecified atom stereocenters. The number of aromatic amines is 1. The maximum Gasteiger partial charge on any atom is 0.290 e. The van der Waals surface area contributed by atoms with E-state index in [2.05, 4.69) is 19.7 Å². The van der Waals surface area contributed by atoms with Gasteiger partial charge in [-0.05, 0) is 26.7 Å². The van der Waals surface area contributed by atoms with Gasteiger partial charge in [-0.2, -0.15) is 0 Å². The molecule has 1 fully saturated rings. The Morgan fingerprint density at radius 3 is 2.84 bits per heavy atom. The molecule has 0 bridgehead atoms. The van der Waals surface area contributed by atoms with Gasteiger partial charge in [0.1, 0.15) is 0 Å². The van der Waals surface area contributed by atoms with Gasteiger partial charge in [0.05, 0.1) is 6.33 Å². The summed E-state index contributed by atoms with van der Waals surface area (Å²) in [6, 6.07) is -0.165. The van der Waals surface area contributed by atoms with Gasteiger partial charge in [-0.3, -0.25) is 4.79 Å². The minimum atomic E-state index is -3.70. The molecule has 0 saturated carbocycles. The van der Waals surface area contributed by atoms with Gasteiger partial charge < -0.3 is 14.5 Å². The molecule has 0 radical (unpaired) electrons. The zero-order valence-electron chi connectivity index (χ0n) is 14.2. The third-order valence-corrected chi connectivity index (χ3v) is 5.59. The van der Waals surface area contributed by atoms with Crippen LogP contribution in [0, 0.1) is 0 Å². The SMILES string of the molecule is CC(C)n1cnc(S(=O)(=O)N[C@@H]2CCCN(c3ncc[nH]c3=O)C2)c1. The monoisotopic (exact) mass is 366 g/mol. The number of rotatable bonds is 5. The van der Waals surface area contributed by atoms with E-state index in [0.29, 0.717) is 25.3 Å². The quantitative estimate of drug-likeness (QED) is 0.796. The largest absolute Gasteiger partial charge is 0.350 e. The summed E-state index contributed by atoms with van der Waals surface area (Å²) in [5.74, 6) is 0.315. The fraction of sp³-hybridized carbons (Fsp3) is 0.533. The Bertz CT molecular complexity index is 888. The molecule has 3 rings (SSSR count). The molecule has 136 valence electrons. The number of hydrogen-bond acceptors (Lipinski definition) is 6. The van der Waals surface area contributed by atoms with Crippen LogP contribution < -0.4 is 15.2 Å². The number of hydrogen-bond donors (Lipinski definition) is 2. The summed E-state index contributed by atoms with van der Waals surface area (Å²) in [6.45, 7) is 4.97. The zero-order valence-corrected chi connectivity index (χ0v) is 15.0. The third-order valence-electron chi connectivity index (χ3n) is 4.18. The van der Waals surface area contributed by atoms with E-state index in [-0.39, 0.29) is 22.7 Å². The van der Waals surface area contributed by atoms with Gasteiger partial charge in [-0.25, -0.2) is 23.1 Å². The molecular weight excluding hydrogens is 344 g/mol. The predicted octanol–water partition coefficient (Wildman–Crippen LogP) is 0.495. The first kappa shape index (κ1) is 17.6. The fourth-order valence-electron chi connectivity index (χ4n) is 2.85. The van der Waals surface area contributed by atoms with E-state index in [0.717, 1.165) is 6.42 Å². The van der Waals surface area contributed by atoms with Crippen LogP contribution in [0.4, 0.5) is 5.82 Å². The molecule has 1 atom stereocenters. The Hall–Kier alpha value is -2.20. The topological polar surface area (TPSA) is 113 Å². The Morgan fingerprint density at radius 2 is 2.16 bits per heavy atom. The first-order chi connectivity index (χ1) is 11.9. The number of sulfonamides is 1. The second-order valence-electron chi connectivity index (χ2n) is 6.40. The highest BCUT2D eigenvalue weighted by molar-refractivity contribution is 7.89. The molecule has 9 nitrogen and oxygen atoms in total. The second kappa shape index (κ2) is 6.96. The molecule has 0 spiro atoms. The van der Waals surface area contributed by atoms with Gasteiger partial charge in [-0.1, -0.05) is 0 Å². The van der Waals surface area contributed by atoms with Crippen LogP contribution in [-0.2, 0) is 10.0 Å². The van der Waals surface area contributed by atoms with Crippen LogP contribution in [0.2, 0.25) is 0 Å². The summed E-state index contributed by atoms with van der Waals surface area (Å²) in [5, 5.41) is 0.00834. The van der Waals surface area contributed by atoms with Crippen molar-refractivity contribution in [1.29, 1.82) is 0 Å². The number of nitrogens with one attached hydrogen (secondary N) is 2. The molecule has 1 saturated heterocycles. The Balaban J connectivity index is 1.73. The Morgan fingerprint density at radius 1 is 1.36 bits per heavy atom. The van der Waals surface area contributed by atoms with Crippen molar-refractivity contribution in [2.24, 2.45) is 0 Å². The van der Waals surface area contributed by atoms with Gasteiger partial charge in [-0.15, -0.1) is 0 Å². The summed E-state index contributed by atoms with van der Waals surface area (Å²) >= 11 is 0. The van der Waals surface area contributed by atoms with E-state index >= 15 is 0 Å². The third kappa shape index (κ3) is 3.90. The fourth-order valence-corrected chi connectivity index (χ4v) is 4.05. The maximum absolute atomic E-state index is 12.6. The zero-order chi connectivity index (χ0) is 18.0. The molecule has 10 heteroatoms. The highest BCUT2D eigenvalue weighted by Crippen LogP contribution is 2.17. The number of imidazole rings is 1. The van der Waals surface area contributed by atoms with Crippen LogP contribution in [0.5, 0.6) is 0 Å². The summed E-state index contributed by atoms with van der Waals surface area (Å²) in [7, 11) is -3.70. The van der Waals surface area contributed by atoms with Crippen molar-refractivity contribution in [3.63, 3.8) is 0 Å². The maximum atomic E-state index is 12.6. The normalized spacial score (nSPS) is 18.7. The average molecular weight is 366 g/mol. The number of H-pyrrole nitrogens is 1. The molecule has 3 heterocycles. The Labute approximate surface area is 146 Å². The van der Waals surface area contributed by atoms with Gasteiger partial charge in [0.15, 0.2) is 10.8 Å². The smallest absolute Gasteiger partial charge is 0.290 e. The lowest BCUT2D eigenvalue weighted by molar-refractivity contribution is 0.462. The molecule has 2 N–H and O–H groups in total. The lowest BCUT2D eigenvalue weighted by Crippen LogP contribution is -2.49. The lowest BCUT2D eigenvalue weighted by atomic mass is 10.1. The number of anilines is 1. The van der Waals surface area contributed by atoms with E-state index in [1.807, 2.05) is 18.7 Å². The van der Waals surface area contributed by atoms with Gasteiger partial charge in [0.25, 0.3) is 15.6 Å². The van der Waals surface area contributed by atoms with Gasteiger partial charge >= 0.3 is 0 Å². The second-order valence-corrected chi connectivity index (χ2v) is 8.06. The van der Waals surface area contributed by atoms with Crippen LogP contribution in [0.15, 0.2) is 34.7 Å². The molecule has 1 aliphatic rings. The van der Waals surface area contributed by atoms with Crippen molar-refractivity contribution in [3.05, 3.63) is 35.3 Å². The van der Waals surface area contributed by atoms with Gasteiger partial charge in [0.2, 0.25) is 0 Å². The Kier molecular flexibility index (Phi) is 4.91. The van der Waals surface area contributed by atoms with Crippen LogP contribution in [0.3, 0.4) is 0 Å². The molecular formula is C15H22N6O3S. The van der Waals surface area contributed by atoms with Crippen molar-refractivity contribution in [2.75, 3.05) is 18.0 Å². The van der Waals surface area contributed by atoms with Crippen LogP contribution in [-0.4, -0.2) is 47.1 Å². The molecule has 0 amide bonds.